The molecule has 0 saturated carbocycles. The van der Waals surface area contributed by atoms with Crippen LogP contribution in [0.5, 0.6) is 0 Å². The lowest BCUT2D eigenvalue weighted by atomic mass is 10.8. The third kappa shape index (κ3) is 63.8. The fraction of sp³-hybridized carbons (Fsp3) is 0.800. The van der Waals surface area contributed by atoms with Crippen LogP contribution in [0, 0.1) is 0 Å². The Morgan fingerprint density at radius 2 is 1.13 bits per heavy atom. The summed E-state index contributed by atoms with van der Waals surface area (Å²) in [5.41, 5.74) is 0. The molecule has 0 bridgehead atoms. The molecule has 0 aromatic carbocycles. The van der Waals surface area contributed by atoms with E-state index >= 15 is 0 Å². The van der Waals surface area contributed by atoms with Gasteiger partial charge in [0, 0.05) is 20.5 Å². The number of esters is 2. The Hall–Kier alpha value is -1.10. The number of hydrogen-bond acceptors (Lipinski definition) is 5. The van der Waals surface area contributed by atoms with E-state index in [1.165, 1.54) is 13.8 Å². The molecule has 0 aromatic rings. The molecule has 0 aliphatic rings. The van der Waals surface area contributed by atoms with Gasteiger partial charge in [0.25, 0.3) is 0 Å². The molecule has 0 aliphatic heterocycles. The van der Waals surface area contributed by atoms with Gasteiger partial charge < -0.3 is 14.6 Å². The summed E-state index contributed by atoms with van der Waals surface area (Å²) >= 11 is 0. The molecule has 0 radical (unpaired) electrons. The molecule has 0 fully saturated rings. The van der Waals surface area contributed by atoms with E-state index in [4.69, 9.17) is 5.11 Å². The molecule has 0 saturated heterocycles. The van der Waals surface area contributed by atoms with Crippen LogP contribution in [0.3, 0.4) is 0 Å². The standard InChI is InChI=1S/2C4H8O2.C2H6O/c2*1-3-6-4(2)5;1-2-3/h2*3H2,1-2H3;3H,2H2,1H3. The molecule has 92 valence electrons. The molecular formula is C10H22O5. The maximum atomic E-state index is 9.82. The predicted molar refractivity (Wildman–Crippen MR) is 57.4 cm³/mol. The number of hydrogen-bond donors (Lipinski definition) is 1. The van der Waals surface area contributed by atoms with Gasteiger partial charge in [-0.05, 0) is 20.8 Å². The molecule has 5 nitrogen and oxygen atoms in total. The quantitative estimate of drug-likeness (QED) is 0.709. The zero-order chi connectivity index (χ0) is 12.7. The summed E-state index contributed by atoms with van der Waals surface area (Å²) in [5, 5.41) is 7.57. The number of carbonyl (C=O) groups excluding carboxylic acids is 2. The maximum absolute atomic E-state index is 9.82. The molecule has 0 amide bonds. The van der Waals surface area contributed by atoms with Crippen LogP contribution in [-0.2, 0) is 19.1 Å². The van der Waals surface area contributed by atoms with Gasteiger partial charge in [0.15, 0.2) is 0 Å². The highest BCUT2D eigenvalue weighted by Gasteiger charge is 1.82. The highest BCUT2D eigenvalue weighted by atomic mass is 16.5. The van der Waals surface area contributed by atoms with E-state index in [0.29, 0.717) is 13.2 Å². The lowest BCUT2D eigenvalue weighted by molar-refractivity contribution is -0.141. The van der Waals surface area contributed by atoms with Crippen LogP contribution in [0.15, 0.2) is 0 Å². The molecule has 0 unspecified atom stereocenters. The first-order valence-electron chi connectivity index (χ1n) is 4.83. The maximum Gasteiger partial charge on any atom is 0.302 e. The Kier molecular flexibility index (Phi) is 24.2. The van der Waals surface area contributed by atoms with E-state index in [9.17, 15) is 9.59 Å². The molecule has 0 atom stereocenters. The van der Waals surface area contributed by atoms with Crippen LogP contribution < -0.4 is 0 Å². The fourth-order valence-electron chi connectivity index (χ4n) is 0.407. The lowest BCUT2D eigenvalue weighted by Crippen LogP contribution is -1.95. The largest absolute Gasteiger partial charge is 0.466 e. The van der Waals surface area contributed by atoms with Gasteiger partial charge in [0.05, 0.1) is 13.2 Å². The summed E-state index contributed by atoms with van der Waals surface area (Å²) in [7, 11) is 0. The number of ether oxygens (including phenoxy) is 2. The Morgan fingerprint density at radius 3 is 1.13 bits per heavy atom. The first-order valence-corrected chi connectivity index (χ1v) is 4.83. The van der Waals surface area contributed by atoms with Crippen LogP contribution >= 0.6 is 0 Å². The van der Waals surface area contributed by atoms with Gasteiger partial charge in [0.2, 0.25) is 0 Å². The van der Waals surface area contributed by atoms with Gasteiger partial charge in [0.1, 0.15) is 0 Å². The molecule has 0 rings (SSSR count). The van der Waals surface area contributed by atoms with Crippen molar-refractivity contribution in [1.29, 1.82) is 0 Å². The van der Waals surface area contributed by atoms with Crippen molar-refractivity contribution in [2.45, 2.75) is 34.6 Å². The molecular weight excluding hydrogens is 200 g/mol. The average Bonchev–Trinajstić information content (AvgIpc) is 2.05. The van der Waals surface area contributed by atoms with Gasteiger partial charge in [-0.2, -0.15) is 0 Å². The first kappa shape index (κ1) is 19.5. The van der Waals surface area contributed by atoms with E-state index in [-0.39, 0.29) is 18.5 Å². The minimum atomic E-state index is -0.211. The number of carbonyl (C=O) groups is 2. The minimum Gasteiger partial charge on any atom is -0.466 e. The van der Waals surface area contributed by atoms with Gasteiger partial charge >= 0.3 is 11.9 Å². The second-order valence-corrected chi connectivity index (χ2v) is 2.17. The summed E-state index contributed by atoms with van der Waals surface area (Å²) in [6.45, 7) is 9.24. The Bertz CT molecular complexity index is 129. The summed E-state index contributed by atoms with van der Waals surface area (Å²) < 4.78 is 8.81. The van der Waals surface area contributed by atoms with E-state index in [0.717, 1.165) is 0 Å². The molecule has 5 heteroatoms. The Morgan fingerprint density at radius 1 is 0.933 bits per heavy atom. The van der Waals surface area contributed by atoms with Crippen molar-refractivity contribution >= 4 is 11.9 Å². The normalized spacial score (nSPS) is 7.33. The Balaban J connectivity index is -0.000000153. The van der Waals surface area contributed by atoms with Crippen molar-refractivity contribution in [3.8, 4) is 0 Å². The lowest BCUT2D eigenvalue weighted by Gasteiger charge is -1.89. The van der Waals surface area contributed by atoms with Crippen LogP contribution in [0.1, 0.15) is 34.6 Å². The number of aliphatic hydroxyl groups is 1. The number of aliphatic hydroxyl groups excluding tert-OH is 1. The predicted octanol–water partition coefficient (Wildman–Crippen LogP) is 1.14. The van der Waals surface area contributed by atoms with Crippen LogP contribution in [0.25, 0.3) is 0 Å². The molecule has 15 heavy (non-hydrogen) atoms. The third-order valence-electron chi connectivity index (χ3n) is 0.695. The van der Waals surface area contributed by atoms with E-state index in [1.54, 1.807) is 20.8 Å². The molecule has 0 aliphatic carbocycles. The smallest absolute Gasteiger partial charge is 0.302 e. The van der Waals surface area contributed by atoms with E-state index < -0.39 is 0 Å². The van der Waals surface area contributed by atoms with Gasteiger partial charge in [-0.15, -0.1) is 0 Å². The second-order valence-electron chi connectivity index (χ2n) is 2.17. The zero-order valence-electron chi connectivity index (χ0n) is 10.2. The van der Waals surface area contributed by atoms with Crippen molar-refractivity contribution in [2.24, 2.45) is 0 Å². The monoisotopic (exact) mass is 222 g/mol. The first-order chi connectivity index (χ1) is 6.95. The van der Waals surface area contributed by atoms with Crippen molar-refractivity contribution in [3.63, 3.8) is 0 Å². The zero-order valence-corrected chi connectivity index (χ0v) is 10.2. The summed E-state index contributed by atoms with van der Waals surface area (Å²) in [5.74, 6) is -0.421. The van der Waals surface area contributed by atoms with Gasteiger partial charge in [-0.1, -0.05) is 0 Å². The fourth-order valence-corrected chi connectivity index (χ4v) is 0.407. The topological polar surface area (TPSA) is 72.8 Å². The third-order valence-corrected chi connectivity index (χ3v) is 0.695. The van der Waals surface area contributed by atoms with Crippen molar-refractivity contribution in [3.05, 3.63) is 0 Å². The van der Waals surface area contributed by atoms with Crippen LogP contribution in [-0.4, -0.2) is 36.9 Å². The minimum absolute atomic E-state index is 0.211. The molecule has 0 aromatic heterocycles. The molecule has 1 N–H and O–H groups in total. The summed E-state index contributed by atoms with van der Waals surface area (Å²) in [6, 6.07) is 0. The van der Waals surface area contributed by atoms with Crippen molar-refractivity contribution in [2.75, 3.05) is 19.8 Å². The average molecular weight is 222 g/mol. The van der Waals surface area contributed by atoms with Crippen molar-refractivity contribution in [1.82, 2.24) is 0 Å². The second kappa shape index (κ2) is 18.6. The van der Waals surface area contributed by atoms with E-state index in [1.807, 2.05) is 0 Å². The highest BCUT2D eigenvalue weighted by Crippen LogP contribution is 1.70. The summed E-state index contributed by atoms with van der Waals surface area (Å²) in [6.07, 6.45) is 0. The molecule has 0 spiro atoms. The highest BCUT2D eigenvalue weighted by molar-refractivity contribution is 5.66. The molecule has 0 heterocycles. The van der Waals surface area contributed by atoms with Gasteiger partial charge in [-0.3, -0.25) is 9.59 Å². The van der Waals surface area contributed by atoms with Gasteiger partial charge in [-0.25, -0.2) is 0 Å². The summed E-state index contributed by atoms with van der Waals surface area (Å²) in [4.78, 5) is 19.6. The SMILES string of the molecule is CCO.CCOC(C)=O.CCOC(C)=O. The number of rotatable bonds is 2. The Labute approximate surface area is 91.4 Å². The van der Waals surface area contributed by atoms with Crippen molar-refractivity contribution < 1.29 is 24.2 Å². The van der Waals surface area contributed by atoms with Crippen LogP contribution in [0.2, 0.25) is 0 Å². The van der Waals surface area contributed by atoms with Crippen LogP contribution in [0.4, 0.5) is 0 Å². The van der Waals surface area contributed by atoms with E-state index in [2.05, 4.69) is 9.47 Å².